The second kappa shape index (κ2) is 12.2. The van der Waals surface area contributed by atoms with Gasteiger partial charge in [0, 0.05) is 11.3 Å². The van der Waals surface area contributed by atoms with Crippen LogP contribution in [-0.2, 0) is 19.6 Å². The van der Waals surface area contributed by atoms with Gasteiger partial charge in [0.05, 0.1) is 17.2 Å². The number of hydrogen-bond acceptors (Lipinski definition) is 5. The molecule has 0 aromatic carbocycles. The van der Waals surface area contributed by atoms with Crippen molar-refractivity contribution in [3.63, 3.8) is 0 Å². The number of carbonyl (C=O) groups excluding carboxylic acids is 1. The molecule has 0 rings (SSSR count). The summed E-state index contributed by atoms with van der Waals surface area (Å²) in [5, 5.41) is 0. The number of unbranched alkanes of at least 4 members (excludes halogenated alkanes) is 1. The van der Waals surface area contributed by atoms with Crippen molar-refractivity contribution in [3.8, 4) is 0 Å². The van der Waals surface area contributed by atoms with Gasteiger partial charge >= 0.3 is 57.4 Å². The molecule has 0 amide bonds. The minimum Gasteiger partial charge on any atom is -0.748 e. The zero-order chi connectivity index (χ0) is 12.5. The Hall–Kier alpha value is 0.756. The molecule has 0 saturated heterocycles. The average molecular weight is 276 g/mol. The summed E-state index contributed by atoms with van der Waals surface area (Å²) in [6.07, 6.45) is 1.23. The Labute approximate surface area is 140 Å². The normalized spacial score (nSPS) is 9.25. The van der Waals surface area contributed by atoms with E-state index in [1.165, 1.54) is 7.11 Å². The predicted molar refractivity (Wildman–Crippen MR) is 56.3 cm³/mol. The maximum absolute atomic E-state index is 10.2. The summed E-state index contributed by atoms with van der Waals surface area (Å²) in [4.78, 5) is 10.2. The van der Waals surface area contributed by atoms with Crippen molar-refractivity contribution in [2.45, 2.75) is 26.7 Å². The number of ether oxygens (including phenoxy) is 1. The summed E-state index contributed by atoms with van der Waals surface area (Å²) in [6, 6.07) is 0. The SMILES string of the molecule is C=C(C)C(=O)OC.CCCCS(=O)(=O)[O-].[K+]. The van der Waals surface area contributed by atoms with E-state index >= 15 is 0 Å². The van der Waals surface area contributed by atoms with Crippen LogP contribution in [-0.4, -0.2) is 31.8 Å². The van der Waals surface area contributed by atoms with E-state index < -0.39 is 10.1 Å². The van der Waals surface area contributed by atoms with Gasteiger partial charge in [0.2, 0.25) is 0 Å². The molecule has 0 spiro atoms. The monoisotopic (exact) mass is 276 g/mol. The maximum atomic E-state index is 10.2. The molecule has 0 aliphatic heterocycles. The fourth-order valence-electron chi connectivity index (χ4n) is 0.495. The van der Waals surface area contributed by atoms with Gasteiger partial charge in [0.1, 0.15) is 0 Å². The Bertz CT molecular complexity index is 297. The van der Waals surface area contributed by atoms with Gasteiger partial charge < -0.3 is 9.29 Å². The molecule has 0 bridgehead atoms. The summed E-state index contributed by atoms with van der Waals surface area (Å²) in [6.45, 7) is 6.79. The quantitative estimate of drug-likeness (QED) is 0.258. The molecule has 0 aliphatic rings. The summed E-state index contributed by atoms with van der Waals surface area (Å²) in [7, 11) is -2.61. The van der Waals surface area contributed by atoms with Gasteiger partial charge in [-0.25, -0.2) is 13.2 Å². The van der Waals surface area contributed by atoms with Crippen LogP contribution in [0.2, 0.25) is 0 Å². The van der Waals surface area contributed by atoms with E-state index in [0.29, 0.717) is 12.0 Å². The third kappa shape index (κ3) is 20.2. The number of esters is 1. The molecule has 7 heteroatoms. The number of rotatable bonds is 4. The van der Waals surface area contributed by atoms with Crippen LogP contribution in [0.3, 0.4) is 0 Å². The van der Waals surface area contributed by atoms with E-state index in [1.807, 2.05) is 6.92 Å². The molecule has 0 aromatic heterocycles. The molecule has 90 valence electrons. The second-order valence-corrected chi connectivity index (χ2v) is 4.41. The third-order valence-corrected chi connectivity index (χ3v) is 2.07. The van der Waals surface area contributed by atoms with E-state index in [1.54, 1.807) is 6.92 Å². The van der Waals surface area contributed by atoms with Crippen LogP contribution in [0.1, 0.15) is 26.7 Å². The first kappa shape index (κ1) is 22.0. The molecular weight excluding hydrogens is 259 g/mol. The summed E-state index contributed by atoms with van der Waals surface area (Å²) in [5.41, 5.74) is 0.433. The summed E-state index contributed by atoms with van der Waals surface area (Å²) < 4.78 is 33.8. The van der Waals surface area contributed by atoms with Gasteiger partial charge in [0.25, 0.3) is 0 Å². The Balaban J connectivity index is -0.000000200. The van der Waals surface area contributed by atoms with Gasteiger partial charge in [0.15, 0.2) is 0 Å². The zero-order valence-electron chi connectivity index (χ0n) is 10.3. The van der Waals surface area contributed by atoms with Crippen LogP contribution < -0.4 is 51.4 Å². The van der Waals surface area contributed by atoms with E-state index in [4.69, 9.17) is 0 Å². The van der Waals surface area contributed by atoms with E-state index in [-0.39, 0.29) is 63.1 Å². The molecule has 0 heterocycles. The minimum absolute atomic E-state index is 0. The fourth-order valence-corrected chi connectivity index (χ4v) is 1.14. The van der Waals surface area contributed by atoms with Crippen molar-refractivity contribution in [3.05, 3.63) is 12.2 Å². The van der Waals surface area contributed by atoms with Crippen LogP contribution >= 0.6 is 0 Å². The van der Waals surface area contributed by atoms with Crippen LogP contribution in [0.25, 0.3) is 0 Å². The molecule has 5 nitrogen and oxygen atoms in total. The molecule has 0 N–H and O–H groups in total. The Kier molecular flexibility index (Phi) is 16.8. The third-order valence-electron chi connectivity index (χ3n) is 1.28. The van der Waals surface area contributed by atoms with Crippen molar-refractivity contribution >= 4 is 16.1 Å². The predicted octanol–water partition coefficient (Wildman–Crippen LogP) is -1.93. The molecule has 0 saturated carbocycles. The Morgan fingerprint density at radius 1 is 1.44 bits per heavy atom. The molecule has 0 atom stereocenters. The number of methoxy groups -OCH3 is 1. The first-order valence-corrected chi connectivity index (χ1v) is 5.99. The van der Waals surface area contributed by atoms with Crippen molar-refractivity contribution < 1.29 is 73.9 Å². The van der Waals surface area contributed by atoms with Crippen molar-refractivity contribution in [1.29, 1.82) is 0 Å². The van der Waals surface area contributed by atoms with Crippen molar-refractivity contribution in [2.75, 3.05) is 12.9 Å². The Morgan fingerprint density at radius 3 is 1.94 bits per heavy atom. The van der Waals surface area contributed by atoms with Gasteiger partial charge in [-0.1, -0.05) is 19.9 Å². The molecule has 0 radical (unpaired) electrons. The minimum atomic E-state index is -3.94. The van der Waals surface area contributed by atoms with Crippen LogP contribution in [0, 0.1) is 0 Å². The van der Waals surface area contributed by atoms with Crippen LogP contribution in [0.15, 0.2) is 12.2 Å². The first-order valence-electron chi connectivity index (χ1n) is 4.42. The number of hydrogen-bond donors (Lipinski definition) is 0. The Morgan fingerprint density at radius 2 is 1.88 bits per heavy atom. The van der Waals surface area contributed by atoms with Gasteiger partial charge in [-0.3, -0.25) is 0 Å². The second-order valence-electron chi connectivity index (χ2n) is 2.89. The first-order chi connectivity index (χ1) is 6.74. The topological polar surface area (TPSA) is 83.5 Å². The molecule has 16 heavy (non-hydrogen) atoms. The molecule has 0 aliphatic carbocycles. The number of carbonyl (C=O) groups is 1. The van der Waals surface area contributed by atoms with Crippen LogP contribution in [0.4, 0.5) is 0 Å². The standard InChI is InChI=1S/C5H8O2.C4H10O3S.K/c1-4(2)5(6)7-3;1-2-3-4-8(5,6)7;/h1H2,2-3H3;2-4H2,1H3,(H,5,6,7);/q;;+1/p-1. The largest absolute Gasteiger partial charge is 1.00 e. The van der Waals surface area contributed by atoms with E-state index in [0.717, 1.165) is 6.42 Å². The van der Waals surface area contributed by atoms with Gasteiger partial charge in [-0.2, -0.15) is 0 Å². The average Bonchev–Trinajstić information content (AvgIpc) is 2.13. The molecule has 0 aromatic rings. The van der Waals surface area contributed by atoms with E-state index in [9.17, 15) is 17.8 Å². The molecule has 0 fully saturated rings. The molecule has 0 unspecified atom stereocenters. The smallest absolute Gasteiger partial charge is 0.748 e. The van der Waals surface area contributed by atoms with Gasteiger partial charge in [-0.15, -0.1) is 0 Å². The van der Waals surface area contributed by atoms with Crippen molar-refractivity contribution in [2.24, 2.45) is 0 Å². The maximum Gasteiger partial charge on any atom is 1.00 e. The van der Waals surface area contributed by atoms with Crippen molar-refractivity contribution in [1.82, 2.24) is 0 Å². The summed E-state index contributed by atoms with van der Waals surface area (Å²) in [5.74, 6) is -0.566. The zero-order valence-corrected chi connectivity index (χ0v) is 14.2. The van der Waals surface area contributed by atoms with E-state index in [2.05, 4.69) is 11.3 Å². The summed E-state index contributed by atoms with van der Waals surface area (Å²) >= 11 is 0. The fraction of sp³-hybridized carbons (Fsp3) is 0.667. The van der Waals surface area contributed by atoms with Crippen LogP contribution in [0.5, 0.6) is 0 Å². The van der Waals surface area contributed by atoms with Gasteiger partial charge in [-0.05, 0) is 13.3 Å². The molecular formula is C9H17KO5S.